The molecule has 1 aliphatic heterocycles. The van der Waals surface area contributed by atoms with Gasteiger partial charge in [-0.3, -0.25) is 9.69 Å². The fraction of sp³-hybridized carbons (Fsp3) is 0.727. The first kappa shape index (κ1) is 12.0. The first-order valence-electron chi connectivity index (χ1n) is 5.42. The summed E-state index contributed by atoms with van der Waals surface area (Å²) in [6, 6.07) is 0. The lowest BCUT2D eigenvalue weighted by Gasteiger charge is -2.33. The normalized spacial score (nSPS) is 17.5. The molecule has 0 spiro atoms. The summed E-state index contributed by atoms with van der Waals surface area (Å²) in [5, 5.41) is 3.04. The third-order valence-corrected chi connectivity index (χ3v) is 2.57. The molecule has 0 aliphatic carbocycles. The third-order valence-electron chi connectivity index (χ3n) is 2.57. The summed E-state index contributed by atoms with van der Waals surface area (Å²) in [5.74, 6) is 2.82. The van der Waals surface area contributed by atoms with Gasteiger partial charge in [-0.2, -0.15) is 0 Å². The number of terminal acetylenes is 1. The summed E-state index contributed by atoms with van der Waals surface area (Å²) in [5.41, 5.74) is 0. The SMILES string of the molecule is C#CCN1CCN(C(=O)CNCC)CC1. The summed E-state index contributed by atoms with van der Waals surface area (Å²) in [6.45, 7) is 7.35. The number of piperazine rings is 1. The fourth-order valence-corrected chi connectivity index (χ4v) is 1.63. The highest BCUT2D eigenvalue weighted by atomic mass is 16.2. The van der Waals surface area contributed by atoms with E-state index in [1.54, 1.807) is 0 Å². The molecule has 1 amide bonds. The highest BCUT2D eigenvalue weighted by Crippen LogP contribution is 2.00. The van der Waals surface area contributed by atoms with E-state index in [2.05, 4.69) is 16.1 Å². The number of hydrogen-bond acceptors (Lipinski definition) is 3. The number of rotatable bonds is 4. The molecule has 1 N–H and O–H groups in total. The van der Waals surface area contributed by atoms with Crippen molar-refractivity contribution < 1.29 is 4.79 Å². The van der Waals surface area contributed by atoms with Crippen LogP contribution in [0.3, 0.4) is 0 Å². The second-order valence-electron chi connectivity index (χ2n) is 3.64. The lowest BCUT2D eigenvalue weighted by Crippen LogP contribution is -2.50. The molecule has 1 heterocycles. The van der Waals surface area contributed by atoms with E-state index < -0.39 is 0 Å². The van der Waals surface area contributed by atoms with Crippen molar-refractivity contribution in [3.8, 4) is 12.3 Å². The van der Waals surface area contributed by atoms with Crippen LogP contribution in [0.4, 0.5) is 0 Å². The zero-order valence-electron chi connectivity index (χ0n) is 9.33. The monoisotopic (exact) mass is 209 g/mol. The van der Waals surface area contributed by atoms with Crippen molar-refractivity contribution in [3.63, 3.8) is 0 Å². The molecule has 15 heavy (non-hydrogen) atoms. The Labute approximate surface area is 91.6 Å². The van der Waals surface area contributed by atoms with Crippen molar-refractivity contribution in [2.75, 3.05) is 45.8 Å². The van der Waals surface area contributed by atoms with Crippen LogP contribution in [0.1, 0.15) is 6.92 Å². The van der Waals surface area contributed by atoms with Crippen LogP contribution in [0, 0.1) is 12.3 Å². The molecule has 0 aromatic carbocycles. The minimum atomic E-state index is 0.192. The summed E-state index contributed by atoms with van der Waals surface area (Å²) in [6.07, 6.45) is 5.24. The molecule has 84 valence electrons. The highest BCUT2D eigenvalue weighted by molar-refractivity contribution is 5.78. The van der Waals surface area contributed by atoms with Gasteiger partial charge in [0.15, 0.2) is 0 Å². The summed E-state index contributed by atoms with van der Waals surface area (Å²) in [4.78, 5) is 15.7. The Morgan fingerprint density at radius 2 is 2.07 bits per heavy atom. The molecule has 4 heteroatoms. The number of carbonyl (C=O) groups is 1. The average Bonchev–Trinajstić information content (AvgIpc) is 2.27. The molecule has 1 aliphatic rings. The second-order valence-corrected chi connectivity index (χ2v) is 3.64. The van der Waals surface area contributed by atoms with E-state index in [9.17, 15) is 4.79 Å². The van der Waals surface area contributed by atoms with Gasteiger partial charge in [-0.25, -0.2) is 0 Å². The van der Waals surface area contributed by atoms with Crippen LogP contribution in [0.5, 0.6) is 0 Å². The number of nitrogens with one attached hydrogen (secondary N) is 1. The molecule has 1 fully saturated rings. The maximum atomic E-state index is 11.6. The molecule has 0 saturated carbocycles. The van der Waals surface area contributed by atoms with Crippen molar-refractivity contribution in [2.24, 2.45) is 0 Å². The fourth-order valence-electron chi connectivity index (χ4n) is 1.63. The van der Waals surface area contributed by atoms with Gasteiger partial charge in [0.25, 0.3) is 0 Å². The number of likely N-dealkylation sites (N-methyl/N-ethyl adjacent to an activating group) is 1. The van der Waals surface area contributed by atoms with Crippen LogP contribution in [0.15, 0.2) is 0 Å². The van der Waals surface area contributed by atoms with Gasteiger partial charge in [0, 0.05) is 26.2 Å². The smallest absolute Gasteiger partial charge is 0.236 e. The van der Waals surface area contributed by atoms with Crippen LogP contribution in [0.25, 0.3) is 0 Å². The Hall–Kier alpha value is -1.05. The molecular weight excluding hydrogens is 190 g/mol. The van der Waals surface area contributed by atoms with E-state index in [1.807, 2.05) is 11.8 Å². The van der Waals surface area contributed by atoms with Crippen molar-refractivity contribution in [3.05, 3.63) is 0 Å². The first-order valence-corrected chi connectivity index (χ1v) is 5.42. The Kier molecular flexibility index (Phi) is 5.16. The van der Waals surface area contributed by atoms with Crippen LogP contribution in [-0.2, 0) is 4.79 Å². The molecule has 1 rings (SSSR count). The van der Waals surface area contributed by atoms with Gasteiger partial charge in [0.2, 0.25) is 5.91 Å². The van der Waals surface area contributed by atoms with E-state index in [0.29, 0.717) is 13.1 Å². The molecule has 0 unspecified atom stereocenters. The van der Waals surface area contributed by atoms with Gasteiger partial charge in [0.1, 0.15) is 0 Å². The molecular formula is C11H19N3O. The van der Waals surface area contributed by atoms with Gasteiger partial charge in [-0.15, -0.1) is 6.42 Å². The van der Waals surface area contributed by atoms with Crippen molar-refractivity contribution in [1.82, 2.24) is 15.1 Å². The zero-order chi connectivity index (χ0) is 11.1. The van der Waals surface area contributed by atoms with E-state index >= 15 is 0 Å². The maximum Gasteiger partial charge on any atom is 0.236 e. The van der Waals surface area contributed by atoms with Gasteiger partial charge in [-0.1, -0.05) is 12.8 Å². The third kappa shape index (κ3) is 3.90. The lowest BCUT2D eigenvalue weighted by atomic mass is 10.3. The molecule has 0 aromatic rings. The number of nitrogens with zero attached hydrogens (tertiary/aromatic N) is 2. The standard InChI is InChI=1S/C11H19N3O/c1-3-5-13-6-8-14(9-7-13)11(15)10-12-4-2/h1,12H,4-10H2,2H3. The maximum absolute atomic E-state index is 11.6. The quantitative estimate of drug-likeness (QED) is 0.626. The van der Waals surface area contributed by atoms with Crippen LogP contribution in [0.2, 0.25) is 0 Å². The van der Waals surface area contributed by atoms with E-state index in [4.69, 9.17) is 6.42 Å². The van der Waals surface area contributed by atoms with Gasteiger partial charge in [-0.05, 0) is 6.54 Å². The molecule has 1 saturated heterocycles. The lowest BCUT2D eigenvalue weighted by molar-refractivity contribution is -0.131. The molecule has 0 radical (unpaired) electrons. The number of amides is 1. The predicted octanol–water partition coefficient (Wildman–Crippen LogP) is -0.627. The van der Waals surface area contributed by atoms with E-state index in [1.165, 1.54) is 0 Å². The first-order chi connectivity index (χ1) is 7.27. The second kappa shape index (κ2) is 6.44. The van der Waals surface area contributed by atoms with Crippen molar-refractivity contribution >= 4 is 5.91 Å². The average molecular weight is 209 g/mol. The van der Waals surface area contributed by atoms with Crippen molar-refractivity contribution in [1.29, 1.82) is 0 Å². The Bertz CT molecular complexity index is 239. The number of hydrogen-bond donors (Lipinski definition) is 1. The summed E-state index contributed by atoms with van der Waals surface area (Å²) < 4.78 is 0. The topological polar surface area (TPSA) is 35.6 Å². The van der Waals surface area contributed by atoms with Crippen LogP contribution in [-0.4, -0.2) is 61.5 Å². The van der Waals surface area contributed by atoms with Gasteiger partial charge >= 0.3 is 0 Å². The summed E-state index contributed by atoms with van der Waals surface area (Å²) in [7, 11) is 0. The minimum absolute atomic E-state index is 0.192. The molecule has 0 aromatic heterocycles. The van der Waals surface area contributed by atoms with Crippen molar-refractivity contribution in [2.45, 2.75) is 6.92 Å². The Balaban J connectivity index is 2.25. The van der Waals surface area contributed by atoms with Crippen LogP contribution < -0.4 is 5.32 Å². The highest BCUT2D eigenvalue weighted by Gasteiger charge is 2.19. The van der Waals surface area contributed by atoms with E-state index in [-0.39, 0.29) is 5.91 Å². The Morgan fingerprint density at radius 3 is 2.60 bits per heavy atom. The molecule has 0 bridgehead atoms. The summed E-state index contributed by atoms with van der Waals surface area (Å²) >= 11 is 0. The molecule has 4 nitrogen and oxygen atoms in total. The molecule has 0 atom stereocenters. The van der Waals surface area contributed by atoms with Gasteiger partial charge < -0.3 is 10.2 Å². The zero-order valence-corrected chi connectivity index (χ0v) is 9.33. The minimum Gasteiger partial charge on any atom is -0.339 e. The number of carbonyl (C=O) groups excluding carboxylic acids is 1. The predicted molar refractivity (Wildman–Crippen MR) is 60.4 cm³/mol. The van der Waals surface area contributed by atoms with E-state index in [0.717, 1.165) is 32.7 Å². The largest absolute Gasteiger partial charge is 0.339 e. The Morgan fingerprint density at radius 1 is 1.40 bits per heavy atom. The van der Waals surface area contributed by atoms with Crippen LogP contribution >= 0.6 is 0 Å². The van der Waals surface area contributed by atoms with Gasteiger partial charge in [0.05, 0.1) is 13.1 Å².